The van der Waals surface area contributed by atoms with Gasteiger partial charge in [-0.15, -0.1) is 0 Å². The minimum Gasteiger partial charge on any atom is -0.299 e. The topological polar surface area (TPSA) is 40.9 Å². The van der Waals surface area contributed by atoms with Crippen LogP contribution in [0.4, 0.5) is 0 Å². The van der Waals surface area contributed by atoms with Crippen molar-refractivity contribution in [3.63, 3.8) is 0 Å². The molecule has 0 aromatic carbocycles. The van der Waals surface area contributed by atoms with Crippen molar-refractivity contribution < 1.29 is 4.79 Å². The average molecular weight is 161 g/mol. The van der Waals surface area contributed by atoms with Crippen LogP contribution in [0.3, 0.4) is 0 Å². The summed E-state index contributed by atoms with van der Waals surface area (Å²) >= 11 is 0. The zero-order valence-electron chi connectivity index (χ0n) is 6.86. The van der Waals surface area contributed by atoms with E-state index in [1.54, 1.807) is 0 Å². The van der Waals surface area contributed by atoms with Gasteiger partial charge in [0.05, 0.1) is 12.0 Å². The van der Waals surface area contributed by atoms with E-state index >= 15 is 0 Å². The highest BCUT2D eigenvalue weighted by molar-refractivity contribution is 5.85. The molecule has 0 N–H and O–H groups in total. The molecule has 0 aromatic heterocycles. The fraction of sp³-hybridized carbons (Fsp3) is 0.800. The first-order valence-electron chi connectivity index (χ1n) is 4.73. The van der Waals surface area contributed by atoms with Crippen molar-refractivity contribution in [3.8, 4) is 6.07 Å². The summed E-state index contributed by atoms with van der Waals surface area (Å²) in [6.45, 7) is 0. The van der Waals surface area contributed by atoms with E-state index in [-0.39, 0.29) is 5.92 Å². The minimum atomic E-state index is 0.290. The quantitative estimate of drug-likeness (QED) is 0.538. The van der Waals surface area contributed by atoms with Crippen molar-refractivity contribution in [2.24, 2.45) is 29.6 Å². The number of hydrogen-bond acceptors (Lipinski definition) is 2. The average Bonchev–Trinajstić information content (AvgIpc) is 2.41. The van der Waals surface area contributed by atoms with Gasteiger partial charge < -0.3 is 0 Å². The molecule has 3 fully saturated rings. The Labute approximate surface area is 71.6 Å². The molecule has 3 saturated carbocycles. The standard InChI is InChI=1S/C10H11NO/c11-4-6-2-8-7-1-5(10(6)8)3-9(7)12/h5-8,10H,1-3H2. The molecule has 0 aromatic rings. The number of nitrogens with zero attached hydrogens (tertiary/aromatic N) is 1. The van der Waals surface area contributed by atoms with Gasteiger partial charge in [-0.1, -0.05) is 0 Å². The van der Waals surface area contributed by atoms with Gasteiger partial charge in [-0.25, -0.2) is 0 Å². The second-order valence-corrected chi connectivity index (χ2v) is 4.49. The van der Waals surface area contributed by atoms with Gasteiger partial charge in [0, 0.05) is 12.3 Å². The van der Waals surface area contributed by atoms with Crippen LogP contribution in [0.15, 0.2) is 0 Å². The largest absolute Gasteiger partial charge is 0.299 e. The van der Waals surface area contributed by atoms with Gasteiger partial charge in [0.2, 0.25) is 0 Å². The van der Waals surface area contributed by atoms with Crippen molar-refractivity contribution in [1.29, 1.82) is 5.26 Å². The van der Waals surface area contributed by atoms with Crippen molar-refractivity contribution in [1.82, 2.24) is 0 Å². The Morgan fingerprint density at radius 3 is 2.92 bits per heavy atom. The van der Waals surface area contributed by atoms with Crippen LogP contribution in [-0.2, 0) is 4.79 Å². The van der Waals surface area contributed by atoms with Gasteiger partial charge in [0.25, 0.3) is 0 Å². The number of fused-ring (bicyclic) bond motifs is 5. The zero-order valence-corrected chi connectivity index (χ0v) is 6.86. The van der Waals surface area contributed by atoms with Gasteiger partial charge in [-0.05, 0) is 30.6 Å². The highest BCUT2D eigenvalue weighted by Crippen LogP contribution is 2.62. The third-order valence-electron chi connectivity index (χ3n) is 4.15. The lowest BCUT2D eigenvalue weighted by atomic mass is 9.59. The van der Waals surface area contributed by atoms with Gasteiger partial charge in [-0.2, -0.15) is 5.26 Å². The third kappa shape index (κ3) is 0.555. The first kappa shape index (κ1) is 6.65. The second kappa shape index (κ2) is 1.90. The highest BCUT2D eigenvalue weighted by Gasteiger charge is 2.60. The summed E-state index contributed by atoms with van der Waals surface area (Å²) in [5.74, 6) is 2.95. The molecular weight excluding hydrogens is 150 g/mol. The predicted molar refractivity (Wildman–Crippen MR) is 41.9 cm³/mol. The summed E-state index contributed by atoms with van der Waals surface area (Å²) in [5.41, 5.74) is 0. The van der Waals surface area contributed by atoms with Gasteiger partial charge >= 0.3 is 0 Å². The molecule has 0 spiro atoms. The predicted octanol–water partition coefficient (Wildman–Crippen LogP) is 1.37. The number of rotatable bonds is 0. The zero-order chi connectivity index (χ0) is 8.29. The van der Waals surface area contributed by atoms with E-state index in [1.807, 2.05) is 0 Å². The van der Waals surface area contributed by atoms with Gasteiger partial charge in [-0.3, -0.25) is 4.79 Å². The van der Waals surface area contributed by atoms with Crippen molar-refractivity contribution in [3.05, 3.63) is 0 Å². The minimum absolute atomic E-state index is 0.290. The molecule has 0 radical (unpaired) electrons. The van der Waals surface area contributed by atoms with E-state index in [0.29, 0.717) is 29.5 Å². The lowest BCUT2D eigenvalue weighted by molar-refractivity contribution is -0.127. The number of carbonyl (C=O) groups excluding carboxylic acids is 1. The van der Waals surface area contributed by atoms with E-state index in [9.17, 15) is 4.79 Å². The van der Waals surface area contributed by atoms with Crippen molar-refractivity contribution >= 4 is 5.78 Å². The van der Waals surface area contributed by atoms with Crippen molar-refractivity contribution in [2.75, 3.05) is 0 Å². The normalized spacial score (nSPS) is 54.6. The van der Waals surface area contributed by atoms with Crippen LogP contribution in [0.5, 0.6) is 0 Å². The van der Waals surface area contributed by atoms with Gasteiger partial charge in [0.1, 0.15) is 5.78 Å². The Hall–Kier alpha value is -0.840. The molecule has 0 aliphatic heterocycles. The van der Waals surface area contributed by atoms with E-state index < -0.39 is 0 Å². The number of carbonyl (C=O) groups is 1. The molecule has 0 heterocycles. The molecule has 0 saturated heterocycles. The van der Waals surface area contributed by atoms with E-state index in [4.69, 9.17) is 5.26 Å². The molecular formula is C10H11NO. The maximum absolute atomic E-state index is 11.3. The Morgan fingerprint density at radius 2 is 2.25 bits per heavy atom. The van der Waals surface area contributed by atoms with E-state index in [2.05, 4.69) is 6.07 Å². The molecule has 3 aliphatic rings. The van der Waals surface area contributed by atoms with E-state index in [1.165, 1.54) is 0 Å². The maximum Gasteiger partial charge on any atom is 0.136 e. The second-order valence-electron chi connectivity index (χ2n) is 4.49. The van der Waals surface area contributed by atoms with Crippen molar-refractivity contribution in [2.45, 2.75) is 19.3 Å². The summed E-state index contributed by atoms with van der Waals surface area (Å²) in [4.78, 5) is 11.3. The molecule has 2 bridgehead atoms. The Morgan fingerprint density at radius 1 is 1.42 bits per heavy atom. The Bertz CT molecular complexity index is 289. The van der Waals surface area contributed by atoms with E-state index in [0.717, 1.165) is 19.3 Å². The number of ketones is 1. The first-order valence-corrected chi connectivity index (χ1v) is 4.73. The van der Waals surface area contributed by atoms with Gasteiger partial charge in [0.15, 0.2) is 0 Å². The molecule has 0 amide bonds. The van der Waals surface area contributed by atoms with Crippen LogP contribution in [0.2, 0.25) is 0 Å². The number of Topliss-reactive ketones (excluding diaryl/α,β-unsaturated/α-hetero) is 1. The molecule has 5 atom stereocenters. The fourth-order valence-corrected chi connectivity index (χ4v) is 3.62. The SMILES string of the molecule is N#CC1CC2C3CC(CC3=O)C12. The lowest BCUT2D eigenvalue weighted by Crippen LogP contribution is -2.42. The van der Waals surface area contributed by atoms with Crippen LogP contribution in [0.1, 0.15) is 19.3 Å². The Kier molecular flexibility index (Phi) is 1.06. The smallest absolute Gasteiger partial charge is 0.136 e. The molecule has 2 heteroatoms. The molecule has 3 aliphatic carbocycles. The van der Waals surface area contributed by atoms with Crippen LogP contribution in [0, 0.1) is 40.9 Å². The van der Waals surface area contributed by atoms with Crippen LogP contribution in [-0.4, -0.2) is 5.78 Å². The summed E-state index contributed by atoms with van der Waals surface area (Å²) in [6.07, 6.45) is 2.89. The van der Waals surface area contributed by atoms with Crippen LogP contribution in [0.25, 0.3) is 0 Å². The maximum atomic E-state index is 11.3. The molecule has 2 nitrogen and oxygen atoms in total. The monoisotopic (exact) mass is 161 g/mol. The number of hydrogen-bond donors (Lipinski definition) is 0. The number of nitriles is 1. The molecule has 5 unspecified atom stereocenters. The van der Waals surface area contributed by atoms with Crippen LogP contribution >= 0.6 is 0 Å². The fourth-order valence-electron chi connectivity index (χ4n) is 3.62. The molecule has 12 heavy (non-hydrogen) atoms. The molecule has 62 valence electrons. The summed E-state index contributed by atoms with van der Waals surface area (Å²) in [7, 11) is 0. The summed E-state index contributed by atoms with van der Waals surface area (Å²) in [5, 5.41) is 8.79. The third-order valence-corrected chi connectivity index (χ3v) is 4.15. The Balaban J connectivity index is 1.89. The summed E-state index contributed by atoms with van der Waals surface area (Å²) < 4.78 is 0. The molecule has 3 rings (SSSR count). The highest BCUT2D eigenvalue weighted by atomic mass is 16.1. The summed E-state index contributed by atoms with van der Waals surface area (Å²) in [6, 6.07) is 2.36. The lowest BCUT2D eigenvalue weighted by Gasteiger charge is -2.43. The first-order chi connectivity index (χ1) is 5.81. The van der Waals surface area contributed by atoms with Crippen LogP contribution < -0.4 is 0 Å².